The Balaban J connectivity index is 2.78. The van der Waals surface area contributed by atoms with Crippen LogP contribution in [0.5, 0.6) is 0 Å². The number of rotatable bonds is 4. The van der Waals surface area contributed by atoms with E-state index in [-0.39, 0.29) is 11.7 Å². The molecule has 0 saturated heterocycles. The van der Waals surface area contributed by atoms with E-state index >= 15 is 0 Å². The minimum Gasteiger partial charge on any atom is -0.326 e. The summed E-state index contributed by atoms with van der Waals surface area (Å²) in [6.07, 6.45) is 1.72. The number of anilines is 1. The van der Waals surface area contributed by atoms with E-state index in [0.717, 1.165) is 40.8 Å². The molecule has 2 rings (SSSR count). The Morgan fingerprint density at radius 3 is 2.36 bits per heavy atom. The zero-order valence-electron chi connectivity index (χ0n) is 13.6. The molecule has 1 amide bonds. The normalized spacial score (nSPS) is 10.6. The van der Waals surface area contributed by atoms with E-state index in [2.05, 4.69) is 25.2 Å². The Morgan fingerprint density at radius 2 is 1.82 bits per heavy atom. The van der Waals surface area contributed by atoms with Gasteiger partial charge in [0.1, 0.15) is 5.82 Å². The fraction of sp³-hybridized carbons (Fsp3) is 0.316. The summed E-state index contributed by atoms with van der Waals surface area (Å²) in [5.74, 6) is -0.387. The fourth-order valence-corrected chi connectivity index (χ4v) is 2.85. The highest BCUT2D eigenvalue weighted by atomic mass is 19.1. The highest BCUT2D eigenvalue weighted by molar-refractivity contribution is 5.96. The zero-order chi connectivity index (χ0) is 16.3. The molecule has 0 unspecified atom stereocenters. The summed E-state index contributed by atoms with van der Waals surface area (Å²) in [5, 5.41) is 2.95. The lowest BCUT2D eigenvalue weighted by Gasteiger charge is -2.20. The largest absolute Gasteiger partial charge is 0.326 e. The van der Waals surface area contributed by atoms with Gasteiger partial charge in [0.2, 0.25) is 5.91 Å². The summed E-state index contributed by atoms with van der Waals surface area (Å²) < 4.78 is 13.6. The molecule has 0 saturated carbocycles. The molecule has 3 heteroatoms. The molecule has 0 atom stereocenters. The van der Waals surface area contributed by atoms with Crippen LogP contribution in [0.1, 0.15) is 37.5 Å². The number of aryl methyl sites for hydroxylation is 2. The Bertz CT molecular complexity index is 707. The summed E-state index contributed by atoms with van der Waals surface area (Å²) in [6, 6.07) is 8.70. The van der Waals surface area contributed by atoms with Crippen LogP contribution in [0.3, 0.4) is 0 Å². The third kappa shape index (κ3) is 3.19. The van der Waals surface area contributed by atoms with Gasteiger partial charge in [-0.3, -0.25) is 4.79 Å². The second-order valence-electron chi connectivity index (χ2n) is 5.47. The molecule has 0 bridgehead atoms. The Labute approximate surface area is 131 Å². The van der Waals surface area contributed by atoms with Gasteiger partial charge in [-0.1, -0.05) is 32.0 Å². The number of benzene rings is 2. The number of nitrogens with one attached hydrogen (secondary N) is 1. The van der Waals surface area contributed by atoms with Gasteiger partial charge in [0.25, 0.3) is 0 Å². The topological polar surface area (TPSA) is 29.1 Å². The van der Waals surface area contributed by atoms with Crippen molar-refractivity contribution in [3.63, 3.8) is 0 Å². The van der Waals surface area contributed by atoms with E-state index in [9.17, 15) is 9.18 Å². The minimum absolute atomic E-state index is 0.115. The van der Waals surface area contributed by atoms with E-state index in [1.165, 1.54) is 24.6 Å². The minimum atomic E-state index is -0.273. The highest BCUT2D eigenvalue weighted by Crippen LogP contribution is 2.37. The van der Waals surface area contributed by atoms with E-state index in [1.807, 2.05) is 13.0 Å². The van der Waals surface area contributed by atoms with Gasteiger partial charge in [0.05, 0.1) is 5.69 Å². The van der Waals surface area contributed by atoms with E-state index in [4.69, 9.17) is 0 Å². The lowest BCUT2D eigenvalue weighted by atomic mass is 9.89. The van der Waals surface area contributed by atoms with Gasteiger partial charge in [0.15, 0.2) is 0 Å². The van der Waals surface area contributed by atoms with Crippen molar-refractivity contribution in [1.29, 1.82) is 0 Å². The first kappa shape index (κ1) is 16.2. The first-order valence-corrected chi connectivity index (χ1v) is 7.66. The highest BCUT2D eigenvalue weighted by Gasteiger charge is 2.17. The smallest absolute Gasteiger partial charge is 0.221 e. The van der Waals surface area contributed by atoms with Crippen LogP contribution in [0.25, 0.3) is 11.1 Å². The molecule has 0 aliphatic rings. The molecule has 0 aromatic heterocycles. The maximum atomic E-state index is 13.6. The third-order valence-corrected chi connectivity index (χ3v) is 3.95. The molecule has 2 aromatic rings. The Morgan fingerprint density at radius 1 is 1.14 bits per heavy atom. The molecule has 0 radical (unpaired) electrons. The second-order valence-corrected chi connectivity index (χ2v) is 5.47. The molecule has 0 aliphatic heterocycles. The molecule has 0 spiro atoms. The predicted molar refractivity (Wildman–Crippen MR) is 89.6 cm³/mol. The van der Waals surface area contributed by atoms with E-state index in [1.54, 1.807) is 6.07 Å². The van der Waals surface area contributed by atoms with Crippen molar-refractivity contribution in [1.82, 2.24) is 0 Å². The molecule has 0 heterocycles. The number of halogens is 1. The average Bonchev–Trinajstić information content (AvgIpc) is 2.48. The molecule has 116 valence electrons. The van der Waals surface area contributed by atoms with Gasteiger partial charge in [0, 0.05) is 12.5 Å². The monoisotopic (exact) mass is 299 g/mol. The molecule has 0 aliphatic carbocycles. The van der Waals surface area contributed by atoms with Crippen LogP contribution < -0.4 is 5.32 Å². The number of amides is 1. The molecular weight excluding hydrogens is 277 g/mol. The van der Waals surface area contributed by atoms with Crippen molar-refractivity contribution in [2.45, 2.75) is 40.5 Å². The van der Waals surface area contributed by atoms with Crippen molar-refractivity contribution in [2.75, 3.05) is 5.32 Å². The van der Waals surface area contributed by atoms with Gasteiger partial charge in [-0.05, 0) is 54.2 Å². The van der Waals surface area contributed by atoms with Gasteiger partial charge < -0.3 is 5.32 Å². The maximum absolute atomic E-state index is 13.6. The quantitative estimate of drug-likeness (QED) is 0.856. The van der Waals surface area contributed by atoms with E-state index in [0.29, 0.717) is 0 Å². The van der Waals surface area contributed by atoms with E-state index < -0.39 is 0 Å². The van der Waals surface area contributed by atoms with Gasteiger partial charge in [-0.15, -0.1) is 0 Å². The number of carbonyl (C=O) groups is 1. The third-order valence-electron chi connectivity index (χ3n) is 3.95. The average molecular weight is 299 g/mol. The van der Waals surface area contributed by atoms with Gasteiger partial charge in [-0.2, -0.15) is 0 Å². The van der Waals surface area contributed by atoms with Crippen LogP contribution in [-0.4, -0.2) is 5.91 Å². The lowest BCUT2D eigenvalue weighted by Crippen LogP contribution is -2.11. The lowest BCUT2D eigenvalue weighted by molar-refractivity contribution is -0.114. The number of hydrogen-bond acceptors (Lipinski definition) is 1. The van der Waals surface area contributed by atoms with Crippen LogP contribution in [0.4, 0.5) is 10.1 Å². The maximum Gasteiger partial charge on any atom is 0.221 e. The van der Waals surface area contributed by atoms with Crippen molar-refractivity contribution in [3.8, 4) is 11.1 Å². The fourth-order valence-electron chi connectivity index (χ4n) is 2.85. The second kappa shape index (κ2) is 6.73. The molecule has 22 heavy (non-hydrogen) atoms. The van der Waals surface area contributed by atoms with Crippen molar-refractivity contribution < 1.29 is 9.18 Å². The van der Waals surface area contributed by atoms with Crippen molar-refractivity contribution in [2.24, 2.45) is 0 Å². The van der Waals surface area contributed by atoms with Crippen LogP contribution in [-0.2, 0) is 17.6 Å². The summed E-state index contributed by atoms with van der Waals surface area (Å²) in [4.78, 5) is 11.6. The Hall–Kier alpha value is -2.16. The summed E-state index contributed by atoms with van der Waals surface area (Å²) in [7, 11) is 0. The van der Waals surface area contributed by atoms with Crippen molar-refractivity contribution in [3.05, 3.63) is 52.8 Å². The first-order chi connectivity index (χ1) is 10.5. The first-order valence-electron chi connectivity index (χ1n) is 7.66. The summed E-state index contributed by atoms with van der Waals surface area (Å²) in [5.41, 5.74) is 5.90. The van der Waals surface area contributed by atoms with Crippen LogP contribution >= 0.6 is 0 Å². The van der Waals surface area contributed by atoms with Crippen LogP contribution in [0.2, 0.25) is 0 Å². The van der Waals surface area contributed by atoms with Crippen LogP contribution in [0.15, 0.2) is 30.3 Å². The molecular formula is C19H22FNO. The zero-order valence-corrected chi connectivity index (χ0v) is 13.6. The SMILES string of the molecule is CCc1cc(CC)c(-c2cccc(F)c2)c(NC(C)=O)c1C. The Kier molecular flexibility index (Phi) is 4.96. The van der Waals surface area contributed by atoms with Crippen molar-refractivity contribution >= 4 is 11.6 Å². The summed E-state index contributed by atoms with van der Waals surface area (Å²) in [6.45, 7) is 7.68. The molecule has 0 fully saturated rings. The number of carbonyl (C=O) groups excluding carboxylic acids is 1. The predicted octanol–water partition coefficient (Wildman–Crippen LogP) is 4.88. The standard InChI is InChI=1S/C19H22FNO/c1-5-14-10-15(6-2)18(16-8-7-9-17(20)11-16)19(12(14)3)21-13(4)22/h7-11H,5-6H2,1-4H3,(H,21,22). The molecule has 1 N–H and O–H groups in total. The van der Waals surface area contributed by atoms with Crippen LogP contribution in [0, 0.1) is 12.7 Å². The van der Waals surface area contributed by atoms with Gasteiger partial charge in [-0.25, -0.2) is 4.39 Å². The molecule has 2 nitrogen and oxygen atoms in total. The molecule has 2 aromatic carbocycles. The summed E-state index contributed by atoms with van der Waals surface area (Å²) >= 11 is 0. The van der Waals surface area contributed by atoms with Gasteiger partial charge >= 0.3 is 0 Å². The number of hydrogen-bond donors (Lipinski definition) is 1.